The van der Waals surface area contributed by atoms with Gasteiger partial charge in [0.15, 0.2) is 0 Å². The maximum absolute atomic E-state index is 11.6. The lowest BCUT2D eigenvalue weighted by atomic mass is 10.2. The summed E-state index contributed by atoms with van der Waals surface area (Å²) in [7, 11) is 0. The van der Waals surface area contributed by atoms with E-state index < -0.39 is 6.03 Å². The quantitative estimate of drug-likeness (QED) is 0.606. The number of nitrogens with one attached hydrogen (secondary N) is 3. The number of rotatable bonds is 9. The second kappa shape index (κ2) is 10.0. The topological polar surface area (TPSA) is 92.6 Å². The first kappa shape index (κ1) is 18.4. The van der Waals surface area contributed by atoms with Crippen LogP contribution < -0.4 is 20.7 Å². The van der Waals surface area contributed by atoms with Crippen LogP contribution in [0.25, 0.3) is 0 Å². The van der Waals surface area contributed by atoms with Crippen LogP contribution in [-0.4, -0.2) is 31.6 Å². The van der Waals surface area contributed by atoms with Gasteiger partial charge in [-0.3, -0.25) is 4.79 Å². The molecular weight excluding hydrogens is 322 g/mol. The number of ether oxygens (including phenoxy) is 1. The summed E-state index contributed by atoms with van der Waals surface area (Å²) in [4.78, 5) is 23.2. The molecule has 134 valence electrons. The van der Waals surface area contributed by atoms with Gasteiger partial charge in [0, 0.05) is 6.54 Å². The molecule has 0 fully saturated rings. The number of carbonyl (C=O) groups excluding carboxylic acids is 2. The molecular formula is C18H23N3O4. The molecule has 1 aromatic carbocycles. The van der Waals surface area contributed by atoms with Gasteiger partial charge in [-0.15, -0.1) is 0 Å². The van der Waals surface area contributed by atoms with Gasteiger partial charge in [-0.1, -0.05) is 17.7 Å². The highest BCUT2D eigenvalue weighted by Gasteiger charge is 2.05. The number of aryl methyl sites for hydroxylation is 1. The van der Waals surface area contributed by atoms with Gasteiger partial charge in [-0.05, 0) is 37.6 Å². The van der Waals surface area contributed by atoms with Crippen LogP contribution in [0.3, 0.4) is 0 Å². The van der Waals surface area contributed by atoms with E-state index in [-0.39, 0.29) is 19.0 Å². The molecule has 1 aromatic heterocycles. The van der Waals surface area contributed by atoms with Crippen molar-refractivity contribution in [3.05, 3.63) is 54.0 Å². The number of carbonyl (C=O) groups is 2. The molecule has 0 radical (unpaired) electrons. The monoisotopic (exact) mass is 345 g/mol. The molecule has 0 atom stereocenters. The van der Waals surface area contributed by atoms with Gasteiger partial charge < -0.3 is 25.1 Å². The molecule has 7 nitrogen and oxygen atoms in total. The molecule has 2 rings (SSSR count). The Morgan fingerprint density at radius 3 is 2.60 bits per heavy atom. The van der Waals surface area contributed by atoms with Gasteiger partial charge in [0.25, 0.3) is 0 Å². The van der Waals surface area contributed by atoms with Crippen molar-refractivity contribution < 1.29 is 18.7 Å². The Kier molecular flexibility index (Phi) is 7.37. The van der Waals surface area contributed by atoms with Crippen LogP contribution in [0.5, 0.6) is 5.75 Å². The lowest BCUT2D eigenvalue weighted by molar-refractivity contribution is -0.120. The number of hydrogen-bond acceptors (Lipinski definition) is 4. The fourth-order valence-corrected chi connectivity index (χ4v) is 1.99. The zero-order valence-electron chi connectivity index (χ0n) is 14.2. The van der Waals surface area contributed by atoms with Crippen molar-refractivity contribution in [2.75, 3.05) is 19.7 Å². The zero-order valence-corrected chi connectivity index (χ0v) is 14.2. The third kappa shape index (κ3) is 7.43. The van der Waals surface area contributed by atoms with E-state index in [1.54, 1.807) is 12.1 Å². The molecule has 0 bridgehead atoms. The Morgan fingerprint density at radius 2 is 1.88 bits per heavy atom. The van der Waals surface area contributed by atoms with Crippen LogP contribution >= 0.6 is 0 Å². The van der Waals surface area contributed by atoms with Gasteiger partial charge in [-0.2, -0.15) is 0 Å². The number of benzene rings is 1. The molecule has 1 heterocycles. The normalized spacial score (nSPS) is 10.1. The molecule has 7 heteroatoms. The van der Waals surface area contributed by atoms with Crippen LogP contribution in [0, 0.1) is 6.92 Å². The summed E-state index contributed by atoms with van der Waals surface area (Å²) in [5.41, 5.74) is 1.18. The number of hydrogen-bond donors (Lipinski definition) is 3. The van der Waals surface area contributed by atoms with Gasteiger partial charge in [0.05, 0.1) is 26.0 Å². The molecule has 0 saturated carbocycles. The highest BCUT2D eigenvalue weighted by atomic mass is 16.5. The first-order chi connectivity index (χ1) is 12.1. The highest BCUT2D eigenvalue weighted by molar-refractivity contribution is 5.83. The van der Waals surface area contributed by atoms with Crippen molar-refractivity contribution in [1.82, 2.24) is 16.0 Å². The first-order valence-corrected chi connectivity index (χ1v) is 8.14. The third-order valence-corrected chi connectivity index (χ3v) is 3.35. The molecule has 0 unspecified atom stereocenters. The Hall–Kier alpha value is -2.96. The summed E-state index contributed by atoms with van der Waals surface area (Å²) in [6.07, 6.45) is 2.22. The number of furan rings is 1. The van der Waals surface area contributed by atoms with Crippen molar-refractivity contribution in [2.45, 2.75) is 19.9 Å². The fourth-order valence-electron chi connectivity index (χ4n) is 1.99. The lowest BCUT2D eigenvalue weighted by Gasteiger charge is -2.09. The smallest absolute Gasteiger partial charge is 0.315 e. The van der Waals surface area contributed by atoms with Gasteiger partial charge in [-0.25, -0.2) is 4.79 Å². The summed E-state index contributed by atoms with van der Waals surface area (Å²) in [6, 6.07) is 10.9. The second-order valence-corrected chi connectivity index (χ2v) is 5.48. The minimum Gasteiger partial charge on any atom is -0.494 e. The maximum atomic E-state index is 11.6. The van der Waals surface area contributed by atoms with Gasteiger partial charge in [0.1, 0.15) is 11.5 Å². The Labute approximate surface area is 146 Å². The molecule has 0 aliphatic heterocycles. The van der Waals surface area contributed by atoms with E-state index >= 15 is 0 Å². The van der Waals surface area contributed by atoms with E-state index in [1.807, 2.05) is 31.2 Å². The van der Waals surface area contributed by atoms with Crippen molar-refractivity contribution in [3.63, 3.8) is 0 Å². The first-order valence-electron chi connectivity index (χ1n) is 8.14. The van der Waals surface area contributed by atoms with Crippen LogP contribution in [0.1, 0.15) is 17.7 Å². The predicted octanol–water partition coefficient (Wildman–Crippen LogP) is 1.97. The van der Waals surface area contributed by atoms with Crippen LogP contribution in [0.4, 0.5) is 4.79 Å². The van der Waals surface area contributed by atoms with E-state index in [0.717, 1.165) is 5.75 Å². The number of amides is 3. The predicted molar refractivity (Wildman–Crippen MR) is 93.2 cm³/mol. The van der Waals surface area contributed by atoms with E-state index in [2.05, 4.69) is 16.0 Å². The van der Waals surface area contributed by atoms with E-state index in [0.29, 0.717) is 25.3 Å². The van der Waals surface area contributed by atoms with Crippen molar-refractivity contribution in [1.29, 1.82) is 0 Å². The summed E-state index contributed by atoms with van der Waals surface area (Å²) in [5.74, 6) is 1.21. The molecule has 0 saturated heterocycles. The fraction of sp³-hybridized carbons (Fsp3) is 0.333. The van der Waals surface area contributed by atoms with Gasteiger partial charge >= 0.3 is 6.03 Å². The Bertz CT molecular complexity index is 653. The average molecular weight is 345 g/mol. The van der Waals surface area contributed by atoms with Gasteiger partial charge in [0.2, 0.25) is 5.91 Å². The van der Waals surface area contributed by atoms with E-state index in [9.17, 15) is 9.59 Å². The van der Waals surface area contributed by atoms with E-state index in [4.69, 9.17) is 9.15 Å². The molecule has 25 heavy (non-hydrogen) atoms. The van der Waals surface area contributed by atoms with Crippen LogP contribution in [0.15, 0.2) is 47.1 Å². The molecule has 0 aliphatic rings. The summed E-state index contributed by atoms with van der Waals surface area (Å²) in [6.45, 7) is 3.21. The molecule has 0 aliphatic carbocycles. The van der Waals surface area contributed by atoms with Crippen LogP contribution in [0.2, 0.25) is 0 Å². The summed E-state index contributed by atoms with van der Waals surface area (Å²) < 4.78 is 10.7. The Balaban J connectivity index is 1.49. The summed E-state index contributed by atoms with van der Waals surface area (Å²) in [5, 5.41) is 7.80. The Morgan fingerprint density at radius 1 is 1.08 bits per heavy atom. The van der Waals surface area contributed by atoms with Crippen molar-refractivity contribution in [3.8, 4) is 5.75 Å². The second-order valence-electron chi connectivity index (χ2n) is 5.48. The van der Waals surface area contributed by atoms with Crippen molar-refractivity contribution in [2.24, 2.45) is 0 Å². The number of urea groups is 1. The summed E-state index contributed by atoms with van der Waals surface area (Å²) >= 11 is 0. The molecule has 3 N–H and O–H groups in total. The van der Waals surface area contributed by atoms with Crippen LogP contribution in [-0.2, 0) is 11.3 Å². The molecule has 0 spiro atoms. The maximum Gasteiger partial charge on any atom is 0.315 e. The van der Waals surface area contributed by atoms with E-state index in [1.165, 1.54) is 11.8 Å². The minimum absolute atomic E-state index is 0.0805. The highest BCUT2D eigenvalue weighted by Crippen LogP contribution is 2.11. The SMILES string of the molecule is Cc1ccc(OCCCNC(=O)CNC(=O)NCc2ccco2)cc1. The molecule has 3 amide bonds. The minimum atomic E-state index is -0.422. The lowest BCUT2D eigenvalue weighted by Crippen LogP contribution is -2.42. The standard InChI is InChI=1S/C18H23N3O4/c1-14-5-7-15(8-6-14)24-11-3-9-19-17(22)13-21-18(23)20-12-16-4-2-10-25-16/h2,4-8,10H,3,9,11-13H2,1H3,(H,19,22)(H2,20,21,23). The average Bonchev–Trinajstić information content (AvgIpc) is 3.13. The third-order valence-electron chi connectivity index (χ3n) is 3.35. The zero-order chi connectivity index (χ0) is 17.9. The van der Waals surface area contributed by atoms with Crippen molar-refractivity contribution >= 4 is 11.9 Å². The largest absolute Gasteiger partial charge is 0.494 e. The molecule has 2 aromatic rings.